The number of nitrogens with two attached hydrogens (primary N) is 1. The molecule has 2 aliphatic rings. The number of rotatable bonds is 4. The fraction of sp³-hybridized carbons (Fsp3) is 0.440. The van der Waals surface area contributed by atoms with Crippen LogP contribution in [-0.4, -0.2) is 47.2 Å². The monoisotopic (exact) mass is 508 g/mol. The Morgan fingerprint density at radius 1 is 1.06 bits per heavy atom. The van der Waals surface area contributed by atoms with E-state index in [0.29, 0.717) is 12.5 Å². The standard InChI is InChI=1S/C25H32N4O3.2ClH/c1-16-13-23(27-25(31)32)22-14-20(7-8-24(22)29(16)17(2)30)19-5-3-18(4-6-19)15-28-11-9-21(26)10-12-28;;/h3-8,14,16,21,23,27H,9-13,15,26H2,1-2H3,(H,31,32);2*1H. The Morgan fingerprint density at radius 3 is 2.26 bits per heavy atom. The van der Waals surface area contributed by atoms with Gasteiger partial charge in [-0.2, -0.15) is 0 Å². The molecule has 0 aliphatic carbocycles. The number of carboxylic acid groups (broad SMARTS) is 1. The van der Waals surface area contributed by atoms with E-state index in [1.165, 1.54) is 5.56 Å². The number of nitrogens with zero attached hydrogens (tertiary/aromatic N) is 2. The molecule has 1 fully saturated rings. The Morgan fingerprint density at radius 2 is 1.68 bits per heavy atom. The van der Waals surface area contributed by atoms with E-state index in [2.05, 4.69) is 34.5 Å². The van der Waals surface area contributed by atoms with Gasteiger partial charge in [0.1, 0.15) is 0 Å². The summed E-state index contributed by atoms with van der Waals surface area (Å²) in [5, 5.41) is 11.9. The van der Waals surface area contributed by atoms with Crippen molar-refractivity contribution in [2.75, 3.05) is 18.0 Å². The SMILES string of the molecule is CC(=O)N1c2ccc(-c3ccc(CN4CCC(N)CC4)cc3)cc2C(NC(=O)O)CC1C.Cl.Cl. The van der Waals surface area contributed by atoms with Crippen LogP contribution in [0.15, 0.2) is 42.5 Å². The Hall–Kier alpha value is -2.32. The minimum Gasteiger partial charge on any atom is -0.465 e. The Kier molecular flexibility index (Phi) is 9.76. The summed E-state index contributed by atoms with van der Waals surface area (Å²) in [6.07, 6.45) is 1.59. The van der Waals surface area contributed by atoms with Gasteiger partial charge < -0.3 is 21.1 Å². The van der Waals surface area contributed by atoms with Crippen molar-refractivity contribution in [3.8, 4) is 11.1 Å². The van der Waals surface area contributed by atoms with E-state index in [1.54, 1.807) is 11.8 Å². The molecule has 2 amide bonds. The minimum absolute atomic E-state index is 0. The molecular formula is C25H34Cl2N4O3. The van der Waals surface area contributed by atoms with Crippen molar-refractivity contribution in [1.82, 2.24) is 10.2 Å². The highest BCUT2D eigenvalue weighted by atomic mass is 35.5. The van der Waals surface area contributed by atoms with Gasteiger partial charge in [0.2, 0.25) is 5.91 Å². The number of piperidine rings is 1. The third kappa shape index (κ3) is 6.21. The zero-order chi connectivity index (χ0) is 22.8. The summed E-state index contributed by atoms with van der Waals surface area (Å²) in [7, 11) is 0. The van der Waals surface area contributed by atoms with Gasteiger partial charge in [-0.05, 0) is 73.7 Å². The summed E-state index contributed by atoms with van der Waals surface area (Å²) >= 11 is 0. The molecule has 2 aliphatic heterocycles. The molecule has 4 N–H and O–H groups in total. The summed E-state index contributed by atoms with van der Waals surface area (Å²) in [4.78, 5) is 27.8. The summed E-state index contributed by atoms with van der Waals surface area (Å²) in [5.74, 6) is -0.0386. The molecule has 9 heteroatoms. The van der Waals surface area contributed by atoms with Crippen molar-refractivity contribution in [2.45, 2.75) is 57.8 Å². The summed E-state index contributed by atoms with van der Waals surface area (Å²) in [6, 6.07) is 14.4. The second-order valence-corrected chi connectivity index (χ2v) is 9.06. The van der Waals surface area contributed by atoms with Crippen LogP contribution in [0.25, 0.3) is 11.1 Å². The molecule has 2 aromatic rings. The van der Waals surface area contributed by atoms with E-state index in [4.69, 9.17) is 5.73 Å². The number of benzene rings is 2. The van der Waals surface area contributed by atoms with Crippen LogP contribution < -0.4 is 16.0 Å². The fourth-order valence-corrected chi connectivity index (χ4v) is 4.98. The maximum Gasteiger partial charge on any atom is 0.405 e. The van der Waals surface area contributed by atoms with Crippen molar-refractivity contribution >= 4 is 42.5 Å². The average Bonchev–Trinajstić information content (AvgIpc) is 2.75. The van der Waals surface area contributed by atoms with Gasteiger partial charge in [0.15, 0.2) is 0 Å². The van der Waals surface area contributed by atoms with Crippen LogP contribution >= 0.6 is 24.8 Å². The van der Waals surface area contributed by atoms with Crippen molar-refractivity contribution in [3.05, 3.63) is 53.6 Å². The number of hydrogen-bond donors (Lipinski definition) is 3. The van der Waals surface area contributed by atoms with Gasteiger partial charge in [0.25, 0.3) is 0 Å². The lowest BCUT2D eigenvalue weighted by Gasteiger charge is -2.39. The third-order valence-electron chi connectivity index (χ3n) is 6.64. The number of carbonyl (C=O) groups is 2. The summed E-state index contributed by atoms with van der Waals surface area (Å²) in [5.41, 5.74) is 11.0. The normalized spacial score (nSPS) is 20.5. The molecule has 0 spiro atoms. The number of nitrogens with one attached hydrogen (secondary N) is 1. The van der Waals surface area contributed by atoms with Gasteiger partial charge in [-0.25, -0.2) is 4.79 Å². The zero-order valence-electron chi connectivity index (χ0n) is 19.6. The fourth-order valence-electron chi connectivity index (χ4n) is 4.98. The van der Waals surface area contributed by atoms with E-state index in [9.17, 15) is 14.7 Å². The van der Waals surface area contributed by atoms with Crippen molar-refractivity contribution in [1.29, 1.82) is 0 Å². The van der Waals surface area contributed by atoms with Crippen LogP contribution in [0.3, 0.4) is 0 Å². The molecule has 2 heterocycles. The quantitative estimate of drug-likeness (QED) is 0.561. The van der Waals surface area contributed by atoms with Crippen molar-refractivity contribution < 1.29 is 14.7 Å². The van der Waals surface area contributed by atoms with Crippen molar-refractivity contribution in [3.63, 3.8) is 0 Å². The van der Waals surface area contributed by atoms with Gasteiger partial charge in [-0.3, -0.25) is 9.69 Å². The van der Waals surface area contributed by atoms with Crippen LogP contribution in [0, 0.1) is 0 Å². The van der Waals surface area contributed by atoms with E-state index in [0.717, 1.165) is 54.9 Å². The lowest BCUT2D eigenvalue weighted by Crippen LogP contribution is -2.45. The van der Waals surface area contributed by atoms with Crippen LogP contribution in [0.1, 0.15) is 50.3 Å². The molecule has 0 aromatic heterocycles. The van der Waals surface area contributed by atoms with Crippen LogP contribution in [0.4, 0.5) is 10.5 Å². The molecule has 4 rings (SSSR count). The van der Waals surface area contributed by atoms with Gasteiger partial charge in [0.05, 0.1) is 6.04 Å². The molecule has 1 saturated heterocycles. The zero-order valence-corrected chi connectivity index (χ0v) is 21.2. The highest BCUT2D eigenvalue weighted by molar-refractivity contribution is 5.94. The Labute approximate surface area is 213 Å². The lowest BCUT2D eigenvalue weighted by molar-refractivity contribution is -0.117. The van der Waals surface area contributed by atoms with Crippen LogP contribution in [-0.2, 0) is 11.3 Å². The Bertz CT molecular complexity index is 994. The van der Waals surface area contributed by atoms with Gasteiger partial charge in [-0.1, -0.05) is 30.3 Å². The van der Waals surface area contributed by atoms with Crippen LogP contribution in [0.5, 0.6) is 0 Å². The highest BCUT2D eigenvalue weighted by Gasteiger charge is 2.33. The van der Waals surface area contributed by atoms with E-state index >= 15 is 0 Å². The molecule has 0 bridgehead atoms. The highest BCUT2D eigenvalue weighted by Crippen LogP contribution is 2.39. The summed E-state index contributed by atoms with van der Waals surface area (Å²) < 4.78 is 0. The number of fused-ring (bicyclic) bond motifs is 1. The first kappa shape index (κ1) is 27.9. The molecule has 0 radical (unpaired) electrons. The molecule has 186 valence electrons. The molecule has 0 saturated carbocycles. The number of carbonyl (C=O) groups excluding carboxylic acids is 1. The van der Waals surface area contributed by atoms with Gasteiger partial charge in [0, 0.05) is 31.2 Å². The third-order valence-corrected chi connectivity index (χ3v) is 6.64. The second kappa shape index (κ2) is 11.9. The number of likely N-dealkylation sites (tertiary alicyclic amines) is 1. The second-order valence-electron chi connectivity index (χ2n) is 9.06. The van der Waals surface area contributed by atoms with E-state index in [1.807, 2.05) is 25.1 Å². The maximum atomic E-state index is 12.3. The Balaban J connectivity index is 0.00000204. The first-order chi connectivity index (χ1) is 15.3. The largest absolute Gasteiger partial charge is 0.465 e. The van der Waals surface area contributed by atoms with Crippen LogP contribution in [0.2, 0.25) is 0 Å². The summed E-state index contributed by atoms with van der Waals surface area (Å²) in [6.45, 7) is 6.50. The number of hydrogen-bond acceptors (Lipinski definition) is 4. The topological polar surface area (TPSA) is 98.9 Å². The molecule has 34 heavy (non-hydrogen) atoms. The smallest absolute Gasteiger partial charge is 0.405 e. The molecular weight excluding hydrogens is 475 g/mol. The minimum atomic E-state index is -1.06. The first-order valence-corrected chi connectivity index (χ1v) is 11.3. The van der Waals surface area contributed by atoms with Gasteiger partial charge >= 0.3 is 6.09 Å². The molecule has 2 aromatic carbocycles. The van der Waals surface area contributed by atoms with Gasteiger partial charge in [-0.15, -0.1) is 24.8 Å². The number of halogens is 2. The predicted molar refractivity (Wildman–Crippen MR) is 140 cm³/mol. The number of anilines is 1. The van der Waals surface area contributed by atoms with E-state index < -0.39 is 6.09 Å². The van der Waals surface area contributed by atoms with Crippen molar-refractivity contribution in [2.24, 2.45) is 5.73 Å². The number of amides is 2. The molecule has 7 nitrogen and oxygen atoms in total. The van der Waals surface area contributed by atoms with E-state index in [-0.39, 0.29) is 42.8 Å². The lowest BCUT2D eigenvalue weighted by atomic mass is 9.89. The molecule has 2 atom stereocenters. The predicted octanol–water partition coefficient (Wildman–Crippen LogP) is 4.57. The molecule has 2 unspecified atom stereocenters. The maximum absolute atomic E-state index is 12.3. The average molecular weight is 509 g/mol. The first-order valence-electron chi connectivity index (χ1n) is 11.3.